The van der Waals surface area contributed by atoms with Gasteiger partial charge in [-0.2, -0.15) is 0 Å². The smallest absolute Gasteiger partial charge is 0.212 e. The summed E-state index contributed by atoms with van der Waals surface area (Å²) in [6.45, 7) is 0. The number of ketones is 1. The lowest BCUT2D eigenvalue weighted by Gasteiger charge is -2.11. The van der Waals surface area contributed by atoms with E-state index in [0.717, 1.165) is 27.7 Å². The highest BCUT2D eigenvalue weighted by molar-refractivity contribution is 6.31. The summed E-state index contributed by atoms with van der Waals surface area (Å²) >= 11 is 6.24. The first-order valence-electron chi connectivity index (χ1n) is 8.84. The van der Waals surface area contributed by atoms with E-state index in [-0.39, 0.29) is 5.78 Å². The lowest BCUT2D eigenvalue weighted by Crippen LogP contribution is -1.99. The minimum atomic E-state index is -0.0178. The number of carbonyl (C=O) groups is 1. The van der Waals surface area contributed by atoms with Crippen molar-refractivity contribution in [1.82, 2.24) is 4.57 Å². The second-order valence-electron chi connectivity index (χ2n) is 6.63. The molecule has 2 heterocycles. The Hall–Kier alpha value is -3.24. The number of carbonyl (C=O) groups excluding carboxylic acids is 1. The molecule has 1 aliphatic heterocycles. The van der Waals surface area contributed by atoms with E-state index in [4.69, 9.17) is 21.1 Å². The van der Waals surface area contributed by atoms with Gasteiger partial charge in [-0.15, -0.1) is 0 Å². The second-order valence-corrected chi connectivity index (χ2v) is 7.07. The zero-order valence-corrected chi connectivity index (χ0v) is 16.1. The molecule has 0 saturated heterocycles. The maximum absolute atomic E-state index is 13.4. The number of para-hydroxylation sites is 1. The van der Waals surface area contributed by atoms with E-state index in [1.54, 1.807) is 26.4 Å². The highest BCUT2D eigenvalue weighted by Gasteiger charge is 2.34. The van der Waals surface area contributed by atoms with E-state index in [9.17, 15) is 4.79 Å². The van der Waals surface area contributed by atoms with Crippen LogP contribution in [-0.2, 0) is 0 Å². The predicted molar refractivity (Wildman–Crippen MR) is 110 cm³/mol. The van der Waals surface area contributed by atoms with Crippen LogP contribution in [0.4, 0.5) is 0 Å². The summed E-state index contributed by atoms with van der Waals surface area (Å²) in [6, 6.07) is 19.0. The summed E-state index contributed by atoms with van der Waals surface area (Å²) in [4.78, 5) is 13.4. The lowest BCUT2D eigenvalue weighted by molar-refractivity contribution is 0.104. The molecule has 0 spiro atoms. The molecular weight excluding hydrogens is 374 g/mol. The molecule has 0 unspecified atom stereocenters. The number of hydrogen-bond donors (Lipinski definition) is 0. The van der Waals surface area contributed by atoms with Crippen LogP contribution in [0.1, 0.15) is 16.1 Å². The highest BCUT2D eigenvalue weighted by Crippen LogP contribution is 2.46. The van der Waals surface area contributed by atoms with Crippen molar-refractivity contribution in [3.05, 3.63) is 76.9 Å². The van der Waals surface area contributed by atoms with Gasteiger partial charge in [0.05, 0.1) is 25.4 Å². The van der Waals surface area contributed by atoms with Crippen LogP contribution in [0.3, 0.4) is 0 Å². The number of methoxy groups -OCH3 is 2. The lowest BCUT2D eigenvalue weighted by atomic mass is 9.97. The summed E-state index contributed by atoms with van der Waals surface area (Å²) in [5.74, 6) is 1.33. The van der Waals surface area contributed by atoms with Crippen LogP contribution in [0.25, 0.3) is 27.7 Å². The van der Waals surface area contributed by atoms with Crippen molar-refractivity contribution in [3.8, 4) is 28.3 Å². The average Bonchev–Trinajstić information content (AvgIpc) is 3.20. The molecule has 28 heavy (non-hydrogen) atoms. The molecule has 1 aromatic heterocycles. The van der Waals surface area contributed by atoms with E-state index in [0.29, 0.717) is 27.8 Å². The molecule has 0 atom stereocenters. The average molecular weight is 390 g/mol. The molecule has 0 bridgehead atoms. The van der Waals surface area contributed by atoms with E-state index < -0.39 is 0 Å². The molecule has 4 aromatic rings. The van der Waals surface area contributed by atoms with Gasteiger partial charge >= 0.3 is 0 Å². The number of halogens is 1. The molecule has 0 N–H and O–H groups in total. The SMILES string of the molecule is COc1ccc(-c2c3n(c4ccccc24)-c2cc(Cl)ccc2C3=O)c(OC)c1. The number of rotatable bonds is 3. The Morgan fingerprint density at radius 2 is 1.68 bits per heavy atom. The second kappa shape index (κ2) is 6.14. The number of fused-ring (bicyclic) bond motifs is 5. The van der Waals surface area contributed by atoms with Crippen LogP contribution in [0.2, 0.25) is 5.02 Å². The molecule has 0 aliphatic carbocycles. The highest BCUT2D eigenvalue weighted by atomic mass is 35.5. The number of aromatic nitrogens is 1. The van der Waals surface area contributed by atoms with Gasteiger partial charge in [0, 0.05) is 33.2 Å². The minimum absolute atomic E-state index is 0.0178. The van der Waals surface area contributed by atoms with E-state index in [1.165, 1.54) is 0 Å². The van der Waals surface area contributed by atoms with Crippen LogP contribution in [-0.4, -0.2) is 24.6 Å². The zero-order chi connectivity index (χ0) is 19.4. The quantitative estimate of drug-likeness (QED) is 0.408. The maximum Gasteiger partial charge on any atom is 0.212 e. The Kier molecular flexibility index (Phi) is 3.71. The zero-order valence-electron chi connectivity index (χ0n) is 15.3. The van der Waals surface area contributed by atoms with Gasteiger partial charge in [0.25, 0.3) is 0 Å². The van der Waals surface area contributed by atoms with Crippen LogP contribution < -0.4 is 9.47 Å². The largest absolute Gasteiger partial charge is 0.497 e. The van der Waals surface area contributed by atoms with Gasteiger partial charge in [-0.05, 0) is 36.4 Å². The van der Waals surface area contributed by atoms with Gasteiger partial charge in [0.15, 0.2) is 0 Å². The van der Waals surface area contributed by atoms with Crippen molar-refractivity contribution in [2.75, 3.05) is 14.2 Å². The molecule has 138 valence electrons. The van der Waals surface area contributed by atoms with Gasteiger partial charge in [-0.1, -0.05) is 29.8 Å². The van der Waals surface area contributed by atoms with Crippen molar-refractivity contribution in [2.24, 2.45) is 0 Å². The van der Waals surface area contributed by atoms with Gasteiger partial charge in [0.1, 0.15) is 17.2 Å². The van der Waals surface area contributed by atoms with Gasteiger partial charge in [-0.3, -0.25) is 4.79 Å². The molecule has 1 aliphatic rings. The Labute approximate surface area is 166 Å². The first-order chi connectivity index (χ1) is 13.6. The minimum Gasteiger partial charge on any atom is -0.497 e. The third-order valence-corrected chi connectivity index (χ3v) is 5.45. The number of nitrogens with zero attached hydrogens (tertiary/aromatic N) is 1. The van der Waals surface area contributed by atoms with Crippen molar-refractivity contribution in [1.29, 1.82) is 0 Å². The molecule has 0 radical (unpaired) electrons. The fourth-order valence-corrected chi connectivity index (χ4v) is 4.16. The summed E-state index contributed by atoms with van der Waals surface area (Å²) in [5.41, 5.74) is 4.75. The summed E-state index contributed by atoms with van der Waals surface area (Å²) < 4.78 is 13.0. The third-order valence-electron chi connectivity index (χ3n) is 5.21. The fourth-order valence-electron chi connectivity index (χ4n) is 3.99. The Balaban J connectivity index is 1.90. The summed E-state index contributed by atoms with van der Waals surface area (Å²) in [5, 5.41) is 1.58. The van der Waals surface area contributed by atoms with Crippen molar-refractivity contribution in [2.45, 2.75) is 0 Å². The van der Waals surface area contributed by atoms with Crippen molar-refractivity contribution < 1.29 is 14.3 Å². The number of hydrogen-bond acceptors (Lipinski definition) is 3. The summed E-state index contributed by atoms with van der Waals surface area (Å²) in [6.07, 6.45) is 0. The van der Waals surface area contributed by atoms with Gasteiger partial charge < -0.3 is 14.0 Å². The molecule has 5 heteroatoms. The fraction of sp³-hybridized carbons (Fsp3) is 0.0870. The maximum atomic E-state index is 13.4. The molecule has 3 aromatic carbocycles. The van der Waals surface area contributed by atoms with Crippen LogP contribution in [0.15, 0.2) is 60.7 Å². The van der Waals surface area contributed by atoms with E-state index in [1.807, 2.05) is 53.1 Å². The van der Waals surface area contributed by atoms with E-state index in [2.05, 4.69) is 0 Å². The number of ether oxygens (including phenoxy) is 2. The van der Waals surface area contributed by atoms with Crippen LogP contribution >= 0.6 is 11.6 Å². The Morgan fingerprint density at radius 3 is 2.46 bits per heavy atom. The first kappa shape index (κ1) is 16.9. The standard InChI is InChI=1S/C23H16ClNO3/c1-27-14-8-10-17(20(12-14)28-2)21-15-5-3-4-6-18(15)25-19-11-13(24)7-9-16(19)23(26)22(21)25/h3-12H,1-2H3. The third kappa shape index (κ3) is 2.21. The van der Waals surface area contributed by atoms with E-state index >= 15 is 0 Å². The Bertz CT molecular complexity index is 1270. The molecule has 0 amide bonds. The van der Waals surface area contributed by atoms with Crippen molar-refractivity contribution in [3.63, 3.8) is 0 Å². The van der Waals surface area contributed by atoms with Gasteiger partial charge in [-0.25, -0.2) is 0 Å². The Morgan fingerprint density at radius 1 is 0.893 bits per heavy atom. The topological polar surface area (TPSA) is 40.5 Å². The van der Waals surface area contributed by atoms with Crippen molar-refractivity contribution >= 4 is 28.3 Å². The molecule has 4 nitrogen and oxygen atoms in total. The monoisotopic (exact) mass is 389 g/mol. The first-order valence-corrected chi connectivity index (χ1v) is 9.22. The molecular formula is C23H16ClNO3. The predicted octanol–water partition coefficient (Wildman–Crippen LogP) is 5.51. The molecule has 0 saturated carbocycles. The van der Waals surface area contributed by atoms with Gasteiger partial charge in [0.2, 0.25) is 5.78 Å². The normalized spacial score (nSPS) is 12.2. The molecule has 0 fully saturated rings. The summed E-state index contributed by atoms with van der Waals surface area (Å²) in [7, 11) is 3.23. The van der Waals surface area contributed by atoms with Crippen LogP contribution in [0, 0.1) is 0 Å². The number of benzene rings is 3. The molecule has 5 rings (SSSR count). The van der Waals surface area contributed by atoms with Crippen LogP contribution in [0.5, 0.6) is 11.5 Å².